The van der Waals surface area contributed by atoms with Gasteiger partial charge in [-0.3, -0.25) is 4.79 Å². The Morgan fingerprint density at radius 3 is 3.00 bits per heavy atom. The van der Waals surface area contributed by atoms with E-state index in [4.69, 9.17) is 4.42 Å². The van der Waals surface area contributed by atoms with E-state index in [-0.39, 0.29) is 5.78 Å². The number of carbonyl (C=O) groups is 1. The van der Waals surface area contributed by atoms with Crippen molar-refractivity contribution in [2.45, 2.75) is 25.4 Å². The van der Waals surface area contributed by atoms with Crippen LogP contribution in [-0.2, 0) is 4.79 Å². The first-order valence-corrected chi connectivity index (χ1v) is 4.72. The normalized spacial score (nSPS) is 19.2. The van der Waals surface area contributed by atoms with Crippen molar-refractivity contribution in [3.05, 3.63) is 35.8 Å². The number of aliphatic hydroxyl groups excluding tert-OH is 1. The summed E-state index contributed by atoms with van der Waals surface area (Å²) in [6.07, 6.45) is 6.27. The Morgan fingerprint density at radius 1 is 1.50 bits per heavy atom. The van der Waals surface area contributed by atoms with Crippen LogP contribution >= 0.6 is 0 Å². The van der Waals surface area contributed by atoms with Gasteiger partial charge in [0, 0.05) is 17.6 Å². The molecule has 1 aromatic rings. The van der Waals surface area contributed by atoms with Crippen LogP contribution in [0.25, 0.3) is 0 Å². The molecule has 1 aromatic heterocycles. The van der Waals surface area contributed by atoms with Crippen molar-refractivity contribution in [2.24, 2.45) is 0 Å². The third-order valence-electron chi connectivity index (χ3n) is 2.45. The molecule has 1 atom stereocenters. The van der Waals surface area contributed by atoms with Gasteiger partial charge in [-0.25, -0.2) is 0 Å². The molecule has 0 radical (unpaired) electrons. The molecule has 1 unspecified atom stereocenters. The Balaban J connectivity index is 2.22. The molecule has 2 rings (SSSR count). The summed E-state index contributed by atoms with van der Waals surface area (Å²) in [5.41, 5.74) is 1.16. The van der Waals surface area contributed by atoms with Gasteiger partial charge in [-0.1, -0.05) is 6.08 Å². The molecular weight excluding hydrogens is 180 g/mol. The average molecular weight is 192 g/mol. The molecule has 1 N–H and O–H groups in total. The van der Waals surface area contributed by atoms with Gasteiger partial charge < -0.3 is 9.52 Å². The topological polar surface area (TPSA) is 50.4 Å². The van der Waals surface area contributed by atoms with E-state index in [1.807, 2.05) is 6.08 Å². The standard InChI is InChI=1S/C11H12O3/c12-10-4-2-1-3-9(10)11(13)8-5-6-14-7-8/h3,5-7,11,13H,1-2,4H2. The van der Waals surface area contributed by atoms with Crippen LogP contribution in [0.3, 0.4) is 0 Å². The van der Waals surface area contributed by atoms with Crippen molar-refractivity contribution in [3.63, 3.8) is 0 Å². The van der Waals surface area contributed by atoms with Crippen molar-refractivity contribution >= 4 is 5.78 Å². The largest absolute Gasteiger partial charge is 0.472 e. The molecular formula is C11H12O3. The maximum absolute atomic E-state index is 11.5. The second-order valence-corrected chi connectivity index (χ2v) is 3.43. The molecule has 0 aliphatic heterocycles. The summed E-state index contributed by atoms with van der Waals surface area (Å²) >= 11 is 0. The number of carbonyl (C=O) groups excluding carboxylic acids is 1. The number of rotatable bonds is 2. The molecule has 0 saturated heterocycles. The molecule has 0 amide bonds. The second-order valence-electron chi connectivity index (χ2n) is 3.43. The summed E-state index contributed by atoms with van der Waals surface area (Å²) in [4.78, 5) is 11.5. The Hall–Kier alpha value is -1.35. The third kappa shape index (κ3) is 1.63. The molecule has 0 aromatic carbocycles. The van der Waals surface area contributed by atoms with Crippen LogP contribution in [0.15, 0.2) is 34.7 Å². The van der Waals surface area contributed by atoms with Crippen LogP contribution in [0.5, 0.6) is 0 Å². The van der Waals surface area contributed by atoms with Gasteiger partial charge in [0.25, 0.3) is 0 Å². The summed E-state index contributed by atoms with van der Waals surface area (Å²) < 4.78 is 4.86. The molecule has 1 heterocycles. The van der Waals surface area contributed by atoms with Crippen molar-refractivity contribution in [1.82, 2.24) is 0 Å². The van der Waals surface area contributed by atoms with Crippen molar-refractivity contribution in [2.75, 3.05) is 0 Å². The first-order valence-electron chi connectivity index (χ1n) is 4.72. The van der Waals surface area contributed by atoms with Gasteiger partial charge in [0.1, 0.15) is 6.10 Å². The molecule has 1 aliphatic carbocycles. The highest BCUT2D eigenvalue weighted by Crippen LogP contribution is 2.27. The van der Waals surface area contributed by atoms with E-state index in [2.05, 4.69) is 0 Å². The quantitative estimate of drug-likeness (QED) is 0.779. The molecule has 0 saturated carbocycles. The Labute approximate surface area is 82.0 Å². The zero-order chi connectivity index (χ0) is 9.97. The lowest BCUT2D eigenvalue weighted by Crippen LogP contribution is -2.14. The van der Waals surface area contributed by atoms with E-state index >= 15 is 0 Å². The van der Waals surface area contributed by atoms with Gasteiger partial charge in [-0.05, 0) is 18.9 Å². The van der Waals surface area contributed by atoms with E-state index in [0.29, 0.717) is 17.6 Å². The minimum atomic E-state index is -0.818. The summed E-state index contributed by atoms with van der Waals surface area (Å²) in [6.45, 7) is 0. The summed E-state index contributed by atoms with van der Waals surface area (Å²) in [7, 11) is 0. The lowest BCUT2D eigenvalue weighted by Gasteiger charge is -2.15. The maximum Gasteiger partial charge on any atom is 0.161 e. The molecule has 3 nitrogen and oxygen atoms in total. The fourth-order valence-corrected chi connectivity index (χ4v) is 1.65. The van der Waals surface area contributed by atoms with Crippen molar-refractivity contribution < 1.29 is 14.3 Å². The number of aliphatic hydroxyl groups is 1. The maximum atomic E-state index is 11.5. The fourth-order valence-electron chi connectivity index (χ4n) is 1.65. The van der Waals surface area contributed by atoms with E-state index in [0.717, 1.165) is 12.8 Å². The van der Waals surface area contributed by atoms with Crippen LogP contribution in [0.4, 0.5) is 0 Å². The smallest absolute Gasteiger partial charge is 0.161 e. The van der Waals surface area contributed by atoms with Gasteiger partial charge in [0.15, 0.2) is 5.78 Å². The fraction of sp³-hybridized carbons (Fsp3) is 0.364. The number of ketones is 1. The zero-order valence-electron chi connectivity index (χ0n) is 7.77. The predicted molar refractivity (Wildman–Crippen MR) is 50.6 cm³/mol. The van der Waals surface area contributed by atoms with Crippen LogP contribution in [0, 0.1) is 0 Å². The zero-order valence-corrected chi connectivity index (χ0v) is 7.77. The minimum Gasteiger partial charge on any atom is -0.472 e. The lowest BCUT2D eigenvalue weighted by molar-refractivity contribution is -0.117. The summed E-state index contributed by atoms with van der Waals surface area (Å²) in [6, 6.07) is 1.67. The summed E-state index contributed by atoms with van der Waals surface area (Å²) in [5.74, 6) is 0.0463. The molecule has 1 aliphatic rings. The SMILES string of the molecule is O=C1CCCC=C1C(O)c1ccoc1. The number of Topliss-reactive ketones (excluding diaryl/α,β-unsaturated/α-hetero) is 1. The first-order chi connectivity index (χ1) is 6.79. The van der Waals surface area contributed by atoms with Crippen LogP contribution in [0.2, 0.25) is 0 Å². The first kappa shape index (κ1) is 9.21. The number of hydrogen-bond acceptors (Lipinski definition) is 3. The van der Waals surface area contributed by atoms with E-state index in [9.17, 15) is 9.90 Å². The third-order valence-corrected chi connectivity index (χ3v) is 2.45. The van der Waals surface area contributed by atoms with Crippen molar-refractivity contribution in [3.8, 4) is 0 Å². The highest BCUT2D eigenvalue weighted by atomic mass is 16.3. The monoisotopic (exact) mass is 192 g/mol. The Bertz CT molecular complexity index is 349. The van der Waals surface area contributed by atoms with Crippen LogP contribution < -0.4 is 0 Å². The van der Waals surface area contributed by atoms with E-state index in [1.54, 1.807) is 6.07 Å². The average Bonchev–Trinajstić information content (AvgIpc) is 2.70. The Kier molecular flexibility index (Phi) is 2.50. The highest BCUT2D eigenvalue weighted by molar-refractivity contribution is 5.97. The van der Waals surface area contributed by atoms with Gasteiger partial charge in [0.05, 0.1) is 12.5 Å². The van der Waals surface area contributed by atoms with Crippen molar-refractivity contribution in [1.29, 1.82) is 0 Å². The van der Waals surface area contributed by atoms with E-state index in [1.165, 1.54) is 12.5 Å². The van der Waals surface area contributed by atoms with Gasteiger partial charge in [0.2, 0.25) is 0 Å². The summed E-state index contributed by atoms with van der Waals surface area (Å²) in [5, 5.41) is 9.86. The number of hydrogen-bond donors (Lipinski definition) is 1. The predicted octanol–water partition coefficient (Wildman–Crippen LogP) is 1.99. The molecule has 0 bridgehead atoms. The van der Waals surface area contributed by atoms with Gasteiger partial charge >= 0.3 is 0 Å². The van der Waals surface area contributed by atoms with E-state index < -0.39 is 6.10 Å². The minimum absolute atomic E-state index is 0.0463. The van der Waals surface area contributed by atoms with Crippen LogP contribution in [0.1, 0.15) is 30.9 Å². The van der Waals surface area contributed by atoms with Gasteiger partial charge in [-0.2, -0.15) is 0 Å². The highest BCUT2D eigenvalue weighted by Gasteiger charge is 2.22. The molecule has 14 heavy (non-hydrogen) atoms. The lowest BCUT2D eigenvalue weighted by atomic mass is 9.92. The number of furan rings is 1. The number of allylic oxidation sites excluding steroid dienone is 1. The molecule has 0 spiro atoms. The molecule has 3 heteroatoms. The Morgan fingerprint density at radius 2 is 2.36 bits per heavy atom. The molecule has 0 fully saturated rings. The molecule has 74 valence electrons. The van der Waals surface area contributed by atoms with Gasteiger partial charge in [-0.15, -0.1) is 0 Å². The second kappa shape index (κ2) is 3.80. The van der Waals surface area contributed by atoms with Crippen LogP contribution in [-0.4, -0.2) is 10.9 Å².